The minimum atomic E-state index is 0.0333. The maximum Gasteiger partial charge on any atom is 0.272 e. The highest BCUT2D eigenvalue weighted by Crippen LogP contribution is 2.24. The van der Waals surface area contributed by atoms with Crippen molar-refractivity contribution in [3.63, 3.8) is 0 Å². The number of carbonyl (C=O) groups excluding carboxylic acids is 1. The van der Waals surface area contributed by atoms with Gasteiger partial charge in [-0.15, -0.1) is 0 Å². The fraction of sp³-hybridized carbons (Fsp3) is 0.294. The van der Waals surface area contributed by atoms with E-state index in [0.717, 1.165) is 29.8 Å². The Morgan fingerprint density at radius 2 is 2.00 bits per heavy atom. The van der Waals surface area contributed by atoms with Crippen molar-refractivity contribution in [1.82, 2.24) is 15.1 Å². The highest BCUT2D eigenvalue weighted by atomic mass is 16.2. The summed E-state index contributed by atoms with van der Waals surface area (Å²) < 4.78 is 0. The fourth-order valence-electron chi connectivity index (χ4n) is 2.60. The standard InChI is InChI=1S/C17H19N3O/c1-12-8-10-20(11-9-12)17(21)16-13(2)15(18-19-16)14-6-4-3-5-7-14/h3-8H,9-11H2,1-2H3,(H,18,19). The number of hydrogen-bond donors (Lipinski definition) is 1. The van der Waals surface area contributed by atoms with E-state index < -0.39 is 0 Å². The van der Waals surface area contributed by atoms with Gasteiger partial charge in [-0.25, -0.2) is 0 Å². The summed E-state index contributed by atoms with van der Waals surface area (Å²) in [6, 6.07) is 9.93. The molecule has 2 heterocycles. The smallest absolute Gasteiger partial charge is 0.272 e. The van der Waals surface area contributed by atoms with E-state index in [4.69, 9.17) is 0 Å². The summed E-state index contributed by atoms with van der Waals surface area (Å²) in [4.78, 5) is 14.5. The molecule has 0 radical (unpaired) electrons. The van der Waals surface area contributed by atoms with Gasteiger partial charge in [-0.3, -0.25) is 9.89 Å². The normalized spacial score (nSPS) is 15.0. The van der Waals surface area contributed by atoms with Crippen LogP contribution in [0.3, 0.4) is 0 Å². The quantitative estimate of drug-likeness (QED) is 0.859. The Bertz CT molecular complexity index is 685. The molecule has 0 saturated heterocycles. The van der Waals surface area contributed by atoms with Crippen molar-refractivity contribution >= 4 is 5.91 Å². The molecule has 0 fully saturated rings. The van der Waals surface area contributed by atoms with Gasteiger partial charge >= 0.3 is 0 Å². The Kier molecular flexibility index (Phi) is 3.60. The van der Waals surface area contributed by atoms with Crippen LogP contribution in [0, 0.1) is 6.92 Å². The zero-order valence-corrected chi connectivity index (χ0v) is 12.4. The Labute approximate surface area is 124 Å². The molecule has 0 atom stereocenters. The summed E-state index contributed by atoms with van der Waals surface area (Å²) in [7, 11) is 0. The van der Waals surface area contributed by atoms with Crippen molar-refractivity contribution in [2.75, 3.05) is 13.1 Å². The van der Waals surface area contributed by atoms with Crippen molar-refractivity contribution in [3.8, 4) is 11.3 Å². The lowest BCUT2D eigenvalue weighted by atomic mass is 10.1. The largest absolute Gasteiger partial charge is 0.333 e. The van der Waals surface area contributed by atoms with Crippen LogP contribution < -0.4 is 0 Å². The Hall–Kier alpha value is -2.36. The zero-order valence-electron chi connectivity index (χ0n) is 12.4. The van der Waals surface area contributed by atoms with E-state index in [-0.39, 0.29) is 5.91 Å². The summed E-state index contributed by atoms with van der Waals surface area (Å²) in [6.07, 6.45) is 3.07. The summed E-state index contributed by atoms with van der Waals surface area (Å²) in [5.74, 6) is 0.0333. The summed E-state index contributed by atoms with van der Waals surface area (Å²) >= 11 is 0. The minimum absolute atomic E-state index is 0.0333. The summed E-state index contributed by atoms with van der Waals surface area (Å²) in [5, 5.41) is 7.25. The van der Waals surface area contributed by atoms with Gasteiger partial charge in [-0.2, -0.15) is 5.10 Å². The Morgan fingerprint density at radius 3 is 2.67 bits per heavy atom. The van der Waals surface area contributed by atoms with Crippen molar-refractivity contribution in [2.45, 2.75) is 20.3 Å². The minimum Gasteiger partial charge on any atom is -0.333 e. The number of aromatic amines is 1. The molecule has 21 heavy (non-hydrogen) atoms. The number of rotatable bonds is 2. The molecule has 0 bridgehead atoms. The molecule has 1 aromatic carbocycles. The van der Waals surface area contributed by atoms with Crippen LogP contribution in [0.5, 0.6) is 0 Å². The molecule has 0 aliphatic carbocycles. The van der Waals surface area contributed by atoms with Crippen LogP contribution in [0.2, 0.25) is 0 Å². The van der Waals surface area contributed by atoms with Gasteiger partial charge in [0.1, 0.15) is 5.69 Å². The number of nitrogens with zero attached hydrogens (tertiary/aromatic N) is 2. The van der Waals surface area contributed by atoms with E-state index in [0.29, 0.717) is 12.2 Å². The Balaban J connectivity index is 1.87. The maximum atomic E-state index is 12.6. The van der Waals surface area contributed by atoms with Gasteiger partial charge in [0.15, 0.2) is 0 Å². The lowest BCUT2D eigenvalue weighted by Crippen LogP contribution is -2.35. The summed E-state index contributed by atoms with van der Waals surface area (Å²) in [6.45, 7) is 5.52. The summed E-state index contributed by atoms with van der Waals surface area (Å²) in [5.41, 5.74) is 4.74. The maximum absolute atomic E-state index is 12.6. The third kappa shape index (κ3) is 2.61. The molecule has 1 N–H and O–H groups in total. The SMILES string of the molecule is CC1=CCN(C(=O)c2[nH]nc(-c3ccccc3)c2C)CC1. The van der Waals surface area contributed by atoms with E-state index in [1.807, 2.05) is 42.2 Å². The molecular formula is C17H19N3O. The molecule has 1 aliphatic heterocycles. The van der Waals surface area contributed by atoms with Crippen LogP contribution in [0.25, 0.3) is 11.3 Å². The highest BCUT2D eigenvalue weighted by molar-refractivity contribution is 5.95. The van der Waals surface area contributed by atoms with Crippen molar-refractivity contribution < 1.29 is 4.79 Å². The van der Waals surface area contributed by atoms with Gasteiger partial charge in [0.05, 0.1) is 5.69 Å². The van der Waals surface area contributed by atoms with E-state index in [1.165, 1.54) is 5.57 Å². The van der Waals surface area contributed by atoms with Gasteiger partial charge in [-0.1, -0.05) is 42.0 Å². The number of benzene rings is 1. The molecule has 2 aromatic rings. The lowest BCUT2D eigenvalue weighted by Gasteiger charge is -2.25. The second-order valence-electron chi connectivity index (χ2n) is 5.49. The number of hydrogen-bond acceptors (Lipinski definition) is 2. The van der Waals surface area contributed by atoms with Gasteiger partial charge in [0.2, 0.25) is 0 Å². The van der Waals surface area contributed by atoms with Gasteiger partial charge in [0, 0.05) is 24.2 Å². The van der Waals surface area contributed by atoms with Gasteiger partial charge in [-0.05, 0) is 20.3 Å². The zero-order chi connectivity index (χ0) is 14.8. The van der Waals surface area contributed by atoms with Crippen LogP contribution in [-0.2, 0) is 0 Å². The first-order valence-electron chi connectivity index (χ1n) is 7.22. The third-order valence-corrected chi connectivity index (χ3v) is 3.99. The number of carbonyl (C=O) groups is 1. The average molecular weight is 281 g/mol. The second-order valence-corrected chi connectivity index (χ2v) is 5.49. The predicted octanol–water partition coefficient (Wildman–Crippen LogP) is 3.18. The first-order valence-corrected chi connectivity index (χ1v) is 7.22. The van der Waals surface area contributed by atoms with Crippen molar-refractivity contribution in [2.24, 2.45) is 0 Å². The molecule has 1 amide bonds. The van der Waals surface area contributed by atoms with Gasteiger partial charge in [0.25, 0.3) is 5.91 Å². The number of aromatic nitrogens is 2. The molecule has 3 rings (SSSR count). The third-order valence-electron chi connectivity index (χ3n) is 3.99. The van der Waals surface area contributed by atoms with Crippen molar-refractivity contribution in [1.29, 1.82) is 0 Å². The predicted molar refractivity (Wildman–Crippen MR) is 83.0 cm³/mol. The molecule has 4 heteroatoms. The monoisotopic (exact) mass is 281 g/mol. The molecule has 1 aliphatic rings. The average Bonchev–Trinajstić information content (AvgIpc) is 2.90. The van der Waals surface area contributed by atoms with E-state index in [9.17, 15) is 4.79 Å². The molecule has 0 spiro atoms. The number of H-pyrrole nitrogens is 1. The molecule has 1 aromatic heterocycles. The van der Waals surface area contributed by atoms with Crippen LogP contribution in [0.4, 0.5) is 0 Å². The molecule has 4 nitrogen and oxygen atoms in total. The van der Waals surface area contributed by atoms with E-state index >= 15 is 0 Å². The van der Waals surface area contributed by atoms with E-state index in [1.54, 1.807) is 0 Å². The molecule has 0 unspecified atom stereocenters. The highest BCUT2D eigenvalue weighted by Gasteiger charge is 2.22. The van der Waals surface area contributed by atoms with Crippen LogP contribution in [0.1, 0.15) is 29.4 Å². The van der Waals surface area contributed by atoms with Crippen LogP contribution in [0.15, 0.2) is 42.0 Å². The van der Waals surface area contributed by atoms with Crippen LogP contribution >= 0.6 is 0 Å². The first kappa shape index (κ1) is 13.6. The van der Waals surface area contributed by atoms with Crippen LogP contribution in [-0.4, -0.2) is 34.1 Å². The molecule has 0 saturated carbocycles. The number of amides is 1. The molecule has 108 valence electrons. The van der Waals surface area contributed by atoms with Crippen molar-refractivity contribution in [3.05, 3.63) is 53.2 Å². The topological polar surface area (TPSA) is 49.0 Å². The lowest BCUT2D eigenvalue weighted by molar-refractivity contribution is 0.0762. The second kappa shape index (κ2) is 5.56. The first-order chi connectivity index (χ1) is 10.2. The van der Waals surface area contributed by atoms with E-state index in [2.05, 4.69) is 23.2 Å². The van der Waals surface area contributed by atoms with Gasteiger partial charge < -0.3 is 4.90 Å². The fourth-order valence-corrected chi connectivity index (χ4v) is 2.60. The Morgan fingerprint density at radius 1 is 1.24 bits per heavy atom. The molecular weight excluding hydrogens is 262 g/mol. The number of nitrogens with one attached hydrogen (secondary N) is 1.